The van der Waals surface area contributed by atoms with E-state index in [9.17, 15) is 0 Å². The Balaban J connectivity index is 2.18. The van der Waals surface area contributed by atoms with Crippen molar-refractivity contribution in [2.45, 2.75) is 19.0 Å². The molecule has 2 atom stereocenters. The SMILES string of the molecule is CNC(c1sccc1C)C1CNCCN1C. The Hall–Kier alpha value is -0.420. The van der Waals surface area contributed by atoms with Crippen LogP contribution in [0.1, 0.15) is 16.5 Å². The summed E-state index contributed by atoms with van der Waals surface area (Å²) in [6, 6.07) is 3.20. The first-order chi connectivity index (χ1) is 7.74. The van der Waals surface area contributed by atoms with Crippen molar-refractivity contribution in [2.75, 3.05) is 33.7 Å². The molecule has 2 unspecified atom stereocenters. The molecule has 1 aliphatic heterocycles. The summed E-state index contributed by atoms with van der Waals surface area (Å²) in [6.07, 6.45) is 0. The predicted molar refractivity (Wildman–Crippen MR) is 70.1 cm³/mol. The fourth-order valence-electron chi connectivity index (χ4n) is 2.40. The molecular weight excluding hydrogens is 218 g/mol. The summed E-state index contributed by atoms with van der Waals surface area (Å²) in [7, 11) is 4.28. The molecule has 0 amide bonds. The molecule has 0 aliphatic carbocycles. The molecule has 0 bridgehead atoms. The molecule has 90 valence electrons. The van der Waals surface area contributed by atoms with Crippen molar-refractivity contribution in [1.29, 1.82) is 0 Å². The number of rotatable bonds is 3. The Labute approximate surface area is 102 Å². The average Bonchev–Trinajstić information content (AvgIpc) is 2.69. The van der Waals surface area contributed by atoms with Crippen LogP contribution in [0.25, 0.3) is 0 Å². The maximum Gasteiger partial charge on any atom is 0.0585 e. The van der Waals surface area contributed by atoms with E-state index in [1.165, 1.54) is 10.4 Å². The highest BCUT2D eigenvalue weighted by atomic mass is 32.1. The lowest BCUT2D eigenvalue weighted by Gasteiger charge is -2.38. The maximum absolute atomic E-state index is 3.48. The van der Waals surface area contributed by atoms with Crippen molar-refractivity contribution < 1.29 is 0 Å². The van der Waals surface area contributed by atoms with Gasteiger partial charge < -0.3 is 10.6 Å². The zero-order valence-corrected chi connectivity index (χ0v) is 11.1. The van der Waals surface area contributed by atoms with Gasteiger partial charge in [0.05, 0.1) is 6.04 Å². The van der Waals surface area contributed by atoms with Crippen LogP contribution in [0.5, 0.6) is 0 Å². The summed E-state index contributed by atoms with van der Waals surface area (Å²) < 4.78 is 0. The van der Waals surface area contributed by atoms with E-state index < -0.39 is 0 Å². The van der Waals surface area contributed by atoms with Gasteiger partial charge in [0.2, 0.25) is 0 Å². The first kappa shape index (κ1) is 12.0. The van der Waals surface area contributed by atoms with Gasteiger partial charge >= 0.3 is 0 Å². The number of hydrogen-bond acceptors (Lipinski definition) is 4. The number of nitrogens with one attached hydrogen (secondary N) is 2. The lowest BCUT2D eigenvalue weighted by molar-refractivity contribution is 0.163. The smallest absolute Gasteiger partial charge is 0.0585 e. The molecule has 2 N–H and O–H groups in total. The van der Waals surface area contributed by atoms with Crippen LogP contribution < -0.4 is 10.6 Å². The van der Waals surface area contributed by atoms with Crippen LogP contribution in [-0.2, 0) is 0 Å². The van der Waals surface area contributed by atoms with Gasteiger partial charge in [-0.1, -0.05) is 0 Å². The Bertz CT molecular complexity index is 337. The second-order valence-corrected chi connectivity index (χ2v) is 5.43. The number of hydrogen-bond donors (Lipinski definition) is 2. The minimum Gasteiger partial charge on any atom is -0.314 e. The molecule has 0 spiro atoms. The maximum atomic E-state index is 3.48. The molecule has 2 rings (SSSR count). The van der Waals surface area contributed by atoms with Crippen molar-refractivity contribution in [2.24, 2.45) is 0 Å². The number of likely N-dealkylation sites (N-methyl/N-ethyl adjacent to an activating group) is 2. The van der Waals surface area contributed by atoms with Crippen LogP contribution in [0.2, 0.25) is 0 Å². The summed E-state index contributed by atoms with van der Waals surface area (Å²) in [4.78, 5) is 3.93. The van der Waals surface area contributed by atoms with Crippen LogP contribution in [0, 0.1) is 6.92 Å². The van der Waals surface area contributed by atoms with Crippen LogP contribution in [0.3, 0.4) is 0 Å². The van der Waals surface area contributed by atoms with Crippen LogP contribution in [-0.4, -0.2) is 44.7 Å². The third-order valence-electron chi connectivity index (χ3n) is 3.44. The first-order valence-electron chi connectivity index (χ1n) is 5.86. The van der Waals surface area contributed by atoms with Gasteiger partial charge in [-0.25, -0.2) is 0 Å². The molecule has 1 aromatic heterocycles. The molecule has 16 heavy (non-hydrogen) atoms. The summed E-state index contributed by atoms with van der Waals surface area (Å²) in [5, 5.41) is 9.14. The van der Waals surface area contributed by atoms with E-state index in [4.69, 9.17) is 0 Å². The fourth-order valence-corrected chi connectivity index (χ4v) is 3.49. The Kier molecular flexibility index (Phi) is 3.97. The van der Waals surface area contributed by atoms with Gasteiger partial charge in [0.15, 0.2) is 0 Å². The van der Waals surface area contributed by atoms with Gasteiger partial charge in [-0.15, -0.1) is 11.3 Å². The summed E-state index contributed by atoms with van der Waals surface area (Å²) in [5.74, 6) is 0. The monoisotopic (exact) mass is 239 g/mol. The molecule has 3 nitrogen and oxygen atoms in total. The summed E-state index contributed by atoms with van der Waals surface area (Å²) >= 11 is 1.86. The van der Waals surface area contributed by atoms with E-state index in [1.54, 1.807) is 0 Å². The van der Waals surface area contributed by atoms with E-state index in [0.717, 1.165) is 19.6 Å². The quantitative estimate of drug-likeness (QED) is 0.830. The van der Waals surface area contributed by atoms with Crippen molar-refractivity contribution in [3.63, 3.8) is 0 Å². The van der Waals surface area contributed by atoms with Gasteiger partial charge in [0, 0.05) is 30.6 Å². The third-order valence-corrected chi connectivity index (χ3v) is 4.54. The Morgan fingerprint density at radius 1 is 1.62 bits per heavy atom. The highest BCUT2D eigenvalue weighted by Gasteiger charge is 2.29. The number of aryl methyl sites for hydroxylation is 1. The van der Waals surface area contributed by atoms with Crippen molar-refractivity contribution in [3.8, 4) is 0 Å². The molecule has 1 aliphatic rings. The molecule has 1 aromatic rings. The fraction of sp³-hybridized carbons (Fsp3) is 0.667. The van der Waals surface area contributed by atoms with Crippen LogP contribution >= 0.6 is 11.3 Å². The highest BCUT2D eigenvalue weighted by Crippen LogP contribution is 2.28. The summed E-state index contributed by atoms with van der Waals surface area (Å²) in [6.45, 7) is 5.51. The number of nitrogens with zero attached hydrogens (tertiary/aromatic N) is 1. The Morgan fingerprint density at radius 3 is 3.00 bits per heavy atom. The minimum absolute atomic E-state index is 0.442. The highest BCUT2D eigenvalue weighted by molar-refractivity contribution is 7.10. The van der Waals surface area contributed by atoms with Crippen molar-refractivity contribution in [1.82, 2.24) is 15.5 Å². The van der Waals surface area contributed by atoms with Crippen LogP contribution in [0.4, 0.5) is 0 Å². The number of piperazine rings is 1. The second kappa shape index (κ2) is 5.27. The predicted octanol–water partition coefficient (Wildman–Crippen LogP) is 1.22. The second-order valence-electron chi connectivity index (χ2n) is 4.49. The molecule has 0 aromatic carbocycles. The van der Waals surface area contributed by atoms with E-state index in [1.807, 2.05) is 11.3 Å². The normalized spacial score (nSPS) is 24.6. The number of thiophene rings is 1. The first-order valence-corrected chi connectivity index (χ1v) is 6.74. The van der Waals surface area contributed by atoms with Gasteiger partial charge in [0.25, 0.3) is 0 Å². The van der Waals surface area contributed by atoms with Gasteiger partial charge in [0.1, 0.15) is 0 Å². The van der Waals surface area contributed by atoms with Gasteiger partial charge in [-0.3, -0.25) is 4.90 Å². The zero-order valence-electron chi connectivity index (χ0n) is 10.3. The molecule has 1 saturated heterocycles. The topological polar surface area (TPSA) is 27.3 Å². The van der Waals surface area contributed by atoms with E-state index in [0.29, 0.717) is 12.1 Å². The van der Waals surface area contributed by atoms with Crippen molar-refractivity contribution in [3.05, 3.63) is 21.9 Å². The summed E-state index contributed by atoms with van der Waals surface area (Å²) in [5.41, 5.74) is 1.41. The Morgan fingerprint density at radius 2 is 2.44 bits per heavy atom. The third kappa shape index (κ3) is 2.30. The largest absolute Gasteiger partial charge is 0.314 e. The van der Waals surface area contributed by atoms with E-state index in [-0.39, 0.29) is 0 Å². The molecular formula is C12H21N3S. The average molecular weight is 239 g/mol. The standard InChI is InChI=1S/C12H21N3S/c1-9-4-7-16-12(9)11(13-2)10-8-14-5-6-15(10)3/h4,7,10-11,13-14H,5-6,8H2,1-3H3. The van der Waals surface area contributed by atoms with Crippen LogP contribution in [0.15, 0.2) is 11.4 Å². The molecule has 1 fully saturated rings. The van der Waals surface area contributed by atoms with Crippen molar-refractivity contribution >= 4 is 11.3 Å². The molecule has 0 saturated carbocycles. The molecule has 4 heteroatoms. The van der Waals surface area contributed by atoms with Gasteiger partial charge in [-0.05, 0) is 38.0 Å². The van der Waals surface area contributed by atoms with Gasteiger partial charge in [-0.2, -0.15) is 0 Å². The molecule has 2 heterocycles. The zero-order chi connectivity index (χ0) is 11.5. The van der Waals surface area contributed by atoms with E-state index in [2.05, 4.69) is 48.0 Å². The van der Waals surface area contributed by atoms with E-state index >= 15 is 0 Å². The lowest BCUT2D eigenvalue weighted by atomic mass is 10.0. The molecule has 0 radical (unpaired) electrons. The lowest BCUT2D eigenvalue weighted by Crippen LogP contribution is -2.54. The minimum atomic E-state index is 0.442.